The van der Waals surface area contributed by atoms with Gasteiger partial charge in [-0.15, -0.1) is 0 Å². The summed E-state index contributed by atoms with van der Waals surface area (Å²) in [7, 11) is 0. The van der Waals surface area contributed by atoms with Crippen LogP contribution in [-0.2, 0) is 4.74 Å². The van der Waals surface area contributed by atoms with Crippen molar-refractivity contribution in [3.8, 4) is 0 Å². The molecule has 0 bridgehead atoms. The third-order valence-corrected chi connectivity index (χ3v) is 3.97. The van der Waals surface area contributed by atoms with E-state index in [1.807, 2.05) is 0 Å². The second kappa shape index (κ2) is 3.58. The summed E-state index contributed by atoms with van der Waals surface area (Å²) in [5.41, 5.74) is 0.644. The van der Waals surface area contributed by atoms with Crippen LogP contribution in [0.1, 0.15) is 33.1 Å². The second-order valence-electron chi connectivity index (χ2n) is 4.70. The van der Waals surface area contributed by atoms with Crippen LogP contribution in [0.3, 0.4) is 0 Å². The highest BCUT2D eigenvalue weighted by atomic mass is 16.5. The standard InChI is InChI=1S/C11H21NO/c1-3-13-10-6-11(7-10)4-5-12-8-9(11)2/h9-10,12H,3-8H2,1-2H3. The van der Waals surface area contributed by atoms with E-state index in [0.717, 1.165) is 12.5 Å². The predicted octanol–water partition coefficient (Wildman–Crippen LogP) is 1.80. The number of hydrogen-bond donors (Lipinski definition) is 1. The first-order chi connectivity index (χ1) is 6.27. The molecule has 1 heterocycles. The molecule has 1 spiro atoms. The molecule has 1 unspecified atom stereocenters. The van der Waals surface area contributed by atoms with Crippen molar-refractivity contribution in [3.05, 3.63) is 0 Å². The SMILES string of the molecule is CCOC1CC2(CCNCC2C)C1. The largest absolute Gasteiger partial charge is 0.378 e. The van der Waals surface area contributed by atoms with Crippen molar-refractivity contribution in [2.24, 2.45) is 11.3 Å². The Kier molecular flexibility index (Phi) is 2.61. The fraction of sp³-hybridized carbons (Fsp3) is 1.00. The molecule has 1 saturated carbocycles. The van der Waals surface area contributed by atoms with Gasteiger partial charge in [0, 0.05) is 6.61 Å². The Balaban J connectivity index is 1.86. The lowest BCUT2D eigenvalue weighted by Crippen LogP contribution is -2.53. The van der Waals surface area contributed by atoms with Crippen molar-refractivity contribution < 1.29 is 4.74 Å². The van der Waals surface area contributed by atoms with E-state index in [-0.39, 0.29) is 0 Å². The molecule has 13 heavy (non-hydrogen) atoms. The average molecular weight is 183 g/mol. The molecule has 0 radical (unpaired) electrons. The highest BCUT2D eigenvalue weighted by Gasteiger charge is 2.48. The Bertz CT molecular complexity index is 175. The van der Waals surface area contributed by atoms with Gasteiger partial charge in [0.15, 0.2) is 0 Å². The van der Waals surface area contributed by atoms with Gasteiger partial charge in [-0.05, 0) is 50.6 Å². The molecule has 0 amide bonds. The van der Waals surface area contributed by atoms with Crippen LogP contribution in [-0.4, -0.2) is 25.8 Å². The number of ether oxygens (including phenoxy) is 1. The number of piperidine rings is 1. The highest BCUT2D eigenvalue weighted by Crippen LogP contribution is 2.51. The molecule has 1 N–H and O–H groups in total. The van der Waals surface area contributed by atoms with E-state index in [4.69, 9.17) is 4.74 Å². The molecule has 2 rings (SSSR count). The van der Waals surface area contributed by atoms with Gasteiger partial charge in [0.05, 0.1) is 6.10 Å². The summed E-state index contributed by atoms with van der Waals surface area (Å²) in [5.74, 6) is 0.845. The molecule has 2 aliphatic rings. The molecule has 1 atom stereocenters. The van der Waals surface area contributed by atoms with Crippen molar-refractivity contribution in [2.75, 3.05) is 19.7 Å². The van der Waals surface area contributed by atoms with E-state index in [0.29, 0.717) is 11.5 Å². The summed E-state index contributed by atoms with van der Waals surface area (Å²) in [6.45, 7) is 7.78. The summed E-state index contributed by atoms with van der Waals surface area (Å²) >= 11 is 0. The van der Waals surface area contributed by atoms with Crippen LogP contribution >= 0.6 is 0 Å². The van der Waals surface area contributed by atoms with Crippen molar-refractivity contribution in [1.82, 2.24) is 5.32 Å². The number of nitrogens with one attached hydrogen (secondary N) is 1. The van der Waals surface area contributed by atoms with Crippen LogP contribution in [0.4, 0.5) is 0 Å². The molecule has 1 aliphatic carbocycles. The summed E-state index contributed by atoms with van der Waals surface area (Å²) in [6, 6.07) is 0. The molecule has 1 saturated heterocycles. The Hall–Kier alpha value is -0.0800. The zero-order valence-electron chi connectivity index (χ0n) is 8.81. The van der Waals surface area contributed by atoms with Gasteiger partial charge in [0.2, 0.25) is 0 Å². The fourth-order valence-electron chi connectivity index (χ4n) is 2.93. The Labute approximate surface area is 81.0 Å². The molecular weight excluding hydrogens is 162 g/mol. The highest BCUT2D eigenvalue weighted by molar-refractivity contribution is 5.00. The van der Waals surface area contributed by atoms with Crippen molar-refractivity contribution in [2.45, 2.75) is 39.2 Å². The Morgan fingerprint density at radius 2 is 2.23 bits per heavy atom. The van der Waals surface area contributed by atoms with Gasteiger partial charge in [0.1, 0.15) is 0 Å². The molecular formula is C11H21NO. The van der Waals surface area contributed by atoms with Gasteiger partial charge >= 0.3 is 0 Å². The third-order valence-electron chi connectivity index (χ3n) is 3.97. The summed E-state index contributed by atoms with van der Waals surface area (Å²) < 4.78 is 5.63. The minimum absolute atomic E-state index is 0.575. The lowest BCUT2D eigenvalue weighted by Gasteiger charge is -2.53. The maximum atomic E-state index is 5.63. The van der Waals surface area contributed by atoms with E-state index < -0.39 is 0 Å². The van der Waals surface area contributed by atoms with Gasteiger partial charge in [-0.25, -0.2) is 0 Å². The van der Waals surface area contributed by atoms with Crippen LogP contribution in [0.5, 0.6) is 0 Å². The molecule has 2 heteroatoms. The minimum Gasteiger partial charge on any atom is -0.378 e. The van der Waals surface area contributed by atoms with E-state index in [1.54, 1.807) is 0 Å². The smallest absolute Gasteiger partial charge is 0.0585 e. The maximum absolute atomic E-state index is 5.63. The Morgan fingerprint density at radius 3 is 2.85 bits per heavy atom. The molecule has 0 aromatic rings. The number of rotatable bonds is 2. The molecule has 0 aromatic heterocycles. The summed E-state index contributed by atoms with van der Waals surface area (Å²) in [6.07, 6.45) is 4.55. The van der Waals surface area contributed by atoms with Crippen LogP contribution in [0.2, 0.25) is 0 Å². The first-order valence-electron chi connectivity index (χ1n) is 5.59. The lowest BCUT2D eigenvalue weighted by atomic mass is 9.57. The second-order valence-corrected chi connectivity index (χ2v) is 4.70. The van der Waals surface area contributed by atoms with E-state index >= 15 is 0 Å². The van der Waals surface area contributed by atoms with Gasteiger partial charge in [-0.2, -0.15) is 0 Å². The normalized spacial score (nSPS) is 44.8. The maximum Gasteiger partial charge on any atom is 0.0585 e. The Morgan fingerprint density at radius 1 is 1.46 bits per heavy atom. The van der Waals surface area contributed by atoms with Crippen molar-refractivity contribution in [3.63, 3.8) is 0 Å². The van der Waals surface area contributed by atoms with Crippen LogP contribution in [0, 0.1) is 11.3 Å². The average Bonchev–Trinajstić information content (AvgIpc) is 2.06. The van der Waals surface area contributed by atoms with Crippen molar-refractivity contribution >= 4 is 0 Å². The topological polar surface area (TPSA) is 21.3 Å². The minimum atomic E-state index is 0.575. The quantitative estimate of drug-likeness (QED) is 0.705. The molecule has 76 valence electrons. The zero-order chi connectivity index (χ0) is 9.31. The monoisotopic (exact) mass is 183 g/mol. The fourth-order valence-corrected chi connectivity index (χ4v) is 2.93. The lowest BCUT2D eigenvalue weighted by molar-refractivity contribution is -0.112. The molecule has 2 nitrogen and oxygen atoms in total. The number of hydrogen-bond acceptors (Lipinski definition) is 2. The summed E-state index contributed by atoms with van der Waals surface area (Å²) in [5, 5.41) is 3.46. The van der Waals surface area contributed by atoms with Crippen molar-refractivity contribution in [1.29, 1.82) is 0 Å². The van der Waals surface area contributed by atoms with Gasteiger partial charge < -0.3 is 10.1 Å². The zero-order valence-corrected chi connectivity index (χ0v) is 8.81. The first kappa shape index (κ1) is 9.47. The summed E-state index contributed by atoms with van der Waals surface area (Å²) in [4.78, 5) is 0. The van der Waals surface area contributed by atoms with Crippen LogP contribution in [0.25, 0.3) is 0 Å². The van der Waals surface area contributed by atoms with Gasteiger partial charge in [0.25, 0.3) is 0 Å². The van der Waals surface area contributed by atoms with Gasteiger partial charge in [-0.3, -0.25) is 0 Å². The molecule has 1 aliphatic heterocycles. The van der Waals surface area contributed by atoms with E-state index in [2.05, 4.69) is 19.2 Å². The van der Waals surface area contributed by atoms with Gasteiger partial charge in [-0.1, -0.05) is 6.92 Å². The first-order valence-corrected chi connectivity index (χ1v) is 5.59. The molecule has 2 fully saturated rings. The predicted molar refractivity (Wildman–Crippen MR) is 53.7 cm³/mol. The molecule has 0 aromatic carbocycles. The van der Waals surface area contributed by atoms with Crippen LogP contribution < -0.4 is 5.32 Å². The van der Waals surface area contributed by atoms with E-state index in [9.17, 15) is 0 Å². The van der Waals surface area contributed by atoms with Crippen LogP contribution in [0.15, 0.2) is 0 Å². The van der Waals surface area contributed by atoms with E-state index in [1.165, 1.54) is 32.4 Å². The third kappa shape index (κ3) is 1.62.